The van der Waals surface area contributed by atoms with E-state index in [-0.39, 0.29) is 18.5 Å². The van der Waals surface area contributed by atoms with Crippen molar-refractivity contribution in [2.75, 3.05) is 21.3 Å². The van der Waals surface area contributed by atoms with E-state index in [1.807, 2.05) is 24.3 Å². The first-order valence-electron chi connectivity index (χ1n) is 11.7. The molecule has 0 bridgehead atoms. The van der Waals surface area contributed by atoms with Gasteiger partial charge in [0.2, 0.25) is 5.91 Å². The molecule has 1 aliphatic rings. The van der Waals surface area contributed by atoms with Gasteiger partial charge in [0.25, 0.3) is 0 Å². The summed E-state index contributed by atoms with van der Waals surface area (Å²) in [6.45, 7) is 0.261. The number of hydrogen-bond acceptors (Lipinski definition) is 5. The van der Waals surface area contributed by atoms with Crippen molar-refractivity contribution >= 4 is 32.7 Å². The fraction of sp³-hybridized carbons (Fsp3) is 0.250. The lowest BCUT2D eigenvalue weighted by Crippen LogP contribution is -2.49. The van der Waals surface area contributed by atoms with E-state index in [9.17, 15) is 4.79 Å². The van der Waals surface area contributed by atoms with E-state index < -0.39 is 6.04 Å². The fourth-order valence-corrected chi connectivity index (χ4v) is 5.14. The van der Waals surface area contributed by atoms with Crippen molar-refractivity contribution < 1.29 is 19.0 Å². The average Bonchev–Trinajstić information content (AvgIpc) is 3.29. The third-order valence-corrected chi connectivity index (χ3v) is 7.22. The van der Waals surface area contributed by atoms with Crippen molar-refractivity contribution in [1.29, 1.82) is 0 Å². The number of carbonyl (C=O) groups excluding carboxylic acids is 1. The third kappa shape index (κ3) is 4.54. The summed E-state index contributed by atoms with van der Waals surface area (Å²) >= 11 is 3.52. The van der Waals surface area contributed by atoms with Crippen molar-refractivity contribution in [1.82, 2.24) is 15.6 Å². The van der Waals surface area contributed by atoms with Crippen molar-refractivity contribution in [3.8, 4) is 17.2 Å². The normalized spacial score (nSPS) is 16.9. The molecule has 0 fully saturated rings. The summed E-state index contributed by atoms with van der Waals surface area (Å²) in [6.07, 6.45) is 0.578. The van der Waals surface area contributed by atoms with Crippen LogP contribution in [-0.4, -0.2) is 38.3 Å². The molecule has 36 heavy (non-hydrogen) atoms. The second kappa shape index (κ2) is 10.2. The van der Waals surface area contributed by atoms with Crippen molar-refractivity contribution in [3.63, 3.8) is 0 Å². The highest BCUT2D eigenvalue weighted by Gasteiger charge is 2.34. The Morgan fingerprint density at radius 3 is 2.36 bits per heavy atom. The second-order valence-electron chi connectivity index (χ2n) is 8.70. The van der Waals surface area contributed by atoms with Gasteiger partial charge in [0.1, 0.15) is 17.2 Å². The van der Waals surface area contributed by atoms with Gasteiger partial charge in [-0.05, 0) is 35.7 Å². The lowest BCUT2D eigenvalue weighted by molar-refractivity contribution is -0.123. The van der Waals surface area contributed by atoms with Crippen molar-refractivity contribution in [2.24, 2.45) is 0 Å². The molecule has 4 aromatic rings. The van der Waals surface area contributed by atoms with Gasteiger partial charge in [-0.15, -0.1) is 0 Å². The van der Waals surface area contributed by atoms with Gasteiger partial charge in [0, 0.05) is 33.2 Å². The Kier molecular flexibility index (Phi) is 6.89. The molecule has 3 aromatic carbocycles. The van der Waals surface area contributed by atoms with Crippen LogP contribution < -0.4 is 24.8 Å². The Morgan fingerprint density at radius 1 is 1.00 bits per heavy atom. The Bertz CT molecular complexity index is 1370. The van der Waals surface area contributed by atoms with E-state index in [0.717, 1.165) is 37.8 Å². The van der Waals surface area contributed by atoms with Crippen LogP contribution in [0.5, 0.6) is 17.2 Å². The maximum absolute atomic E-state index is 13.5. The fourth-order valence-electron chi connectivity index (χ4n) is 4.87. The molecule has 8 heteroatoms. The average molecular weight is 550 g/mol. The Hall–Kier alpha value is -3.49. The van der Waals surface area contributed by atoms with Crippen LogP contribution >= 0.6 is 15.9 Å². The number of aromatic amines is 1. The highest BCUT2D eigenvalue weighted by Crippen LogP contribution is 2.36. The number of H-pyrrole nitrogens is 1. The highest BCUT2D eigenvalue weighted by atomic mass is 79.9. The van der Waals surface area contributed by atoms with Crippen LogP contribution in [0.3, 0.4) is 0 Å². The molecule has 0 radical (unpaired) electrons. The summed E-state index contributed by atoms with van der Waals surface area (Å²) in [6, 6.07) is 19.4. The van der Waals surface area contributed by atoms with Crippen LogP contribution in [0.15, 0.2) is 65.1 Å². The minimum Gasteiger partial charge on any atom is -0.496 e. The smallest absolute Gasteiger partial charge is 0.237 e. The number of benzene rings is 3. The number of ether oxygens (including phenoxy) is 3. The monoisotopic (exact) mass is 549 g/mol. The van der Waals surface area contributed by atoms with Crippen LogP contribution in [0.4, 0.5) is 0 Å². The number of fused-ring (bicyclic) bond motifs is 3. The zero-order chi connectivity index (χ0) is 25.2. The summed E-state index contributed by atoms with van der Waals surface area (Å²) in [5, 5.41) is 7.81. The molecule has 0 spiro atoms. The predicted molar refractivity (Wildman–Crippen MR) is 143 cm³/mol. The van der Waals surface area contributed by atoms with Crippen LogP contribution in [0.2, 0.25) is 0 Å². The number of carbonyl (C=O) groups is 1. The van der Waals surface area contributed by atoms with Gasteiger partial charge in [0.05, 0.1) is 45.5 Å². The molecule has 0 saturated heterocycles. The molecule has 1 aliphatic heterocycles. The van der Waals surface area contributed by atoms with Gasteiger partial charge >= 0.3 is 0 Å². The molecule has 1 aromatic heterocycles. The number of halogens is 1. The number of para-hydroxylation sites is 1. The molecule has 186 valence electrons. The number of amides is 1. The summed E-state index contributed by atoms with van der Waals surface area (Å²) in [5.74, 6) is 1.72. The zero-order valence-corrected chi connectivity index (χ0v) is 21.9. The van der Waals surface area contributed by atoms with E-state index in [1.165, 1.54) is 0 Å². The molecular formula is C28H28BrN3O4. The van der Waals surface area contributed by atoms with Crippen LogP contribution in [0.25, 0.3) is 10.9 Å². The Labute approximate surface area is 218 Å². The minimum atomic E-state index is -0.416. The minimum absolute atomic E-state index is 0.0898. The van der Waals surface area contributed by atoms with Crippen LogP contribution in [-0.2, 0) is 17.8 Å². The molecule has 2 atom stereocenters. The second-order valence-corrected chi connectivity index (χ2v) is 9.61. The number of rotatable bonds is 7. The standard InChI is InChI=1S/C28H28BrN3O4/c1-34-18-12-24(35-2)21(25(13-18)36-3)15-30-28(33)23-14-20-19-6-4-5-7-22(19)31-27(20)26(32-23)16-8-10-17(29)11-9-16/h4-13,23,26,31-32H,14-15H2,1-3H3,(H,30,33). The quantitative estimate of drug-likeness (QED) is 0.306. The largest absolute Gasteiger partial charge is 0.496 e. The maximum Gasteiger partial charge on any atom is 0.237 e. The van der Waals surface area contributed by atoms with E-state index >= 15 is 0 Å². The molecule has 3 N–H and O–H groups in total. The highest BCUT2D eigenvalue weighted by molar-refractivity contribution is 9.10. The Balaban J connectivity index is 1.44. The molecule has 0 saturated carbocycles. The van der Waals surface area contributed by atoms with Crippen molar-refractivity contribution in [2.45, 2.75) is 25.0 Å². The third-order valence-electron chi connectivity index (χ3n) is 6.69. The number of nitrogens with one attached hydrogen (secondary N) is 3. The Morgan fingerprint density at radius 2 is 1.69 bits per heavy atom. The van der Waals surface area contributed by atoms with Gasteiger partial charge in [0.15, 0.2) is 0 Å². The van der Waals surface area contributed by atoms with Gasteiger partial charge in [-0.25, -0.2) is 0 Å². The van der Waals surface area contributed by atoms with E-state index in [1.54, 1.807) is 33.5 Å². The zero-order valence-electron chi connectivity index (χ0n) is 20.4. The van der Waals surface area contributed by atoms with E-state index in [0.29, 0.717) is 23.7 Å². The van der Waals surface area contributed by atoms with Crippen molar-refractivity contribution in [3.05, 3.63) is 87.5 Å². The number of aromatic nitrogens is 1. The maximum atomic E-state index is 13.5. The topological polar surface area (TPSA) is 84.6 Å². The first-order valence-corrected chi connectivity index (χ1v) is 12.5. The molecular weight excluding hydrogens is 522 g/mol. The molecule has 5 rings (SSSR count). The summed E-state index contributed by atoms with van der Waals surface area (Å²) < 4.78 is 17.4. The summed E-state index contributed by atoms with van der Waals surface area (Å²) in [5.41, 5.74) is 5.17. The SMILES string of the molecule is COc1cc(OC)c(CNC(=O)C2Cc3c([nH]c4ccccc34)C(c3ccc(Br)cc3)N2)c(OC)c1. The lowest BCUT2D eigenvalue weighted by Gasteiger charge is -2.31. The summed E-state index contributed by atoms with van der Waals surface area (Å²) in [4.78, 5) is 17.1. The first-order chi connectivity index (χ1) is 17.5. The molecule has 0 aliphatic carbocycles. The number of methoxy groups -OCH3 is 3. The molecule has 7 nitrogen and oxygen atoms in total. The molecule has 1 amide bonds. The summed E-state index contributed by atoms with van der Waals surface area (Å²) in [7, 11) is 4.76. The van der Waals surface area contributed by atoms with Gasteiger partial charge in [-0.2, -0.15) is 0 Å². The molecule has 2 unspecified atom stereocenters. The van der Waals surface area contributed by atoms with Crippen LogP contribution in [0, 0.1) is 0 Å². The molecule has 2 heterocycles. The number of hydrogen-bond donors (Lipinski definition) is 3. The predicted octanol–water partition coefficient (Wildman–Crippen LogP) is 4.88. The lowest BCUT2D eigenvalue weighted by atomic mass is 9.90. The first kappa shape index (κ1) is 24.2. The van der Waals surface area contributed by atoms with E-state index in [2.05, 4.69) is 55.8 Å². The van der Waals surface area contributed by atoms with E-state index in [4.69, 9.17) is 14.2 Å². The van der Waals surface area contributed by atoms with Gasteiger partial charge in [-0.1, -0.05) is 46.3 Å². The van der Waals surface area contributed by atoms with Gasteiger partial charge in [-0.3, -0.25) is 10.1 Å². The van der Waals surface area contributed by atoms with Crippen LogP contribution in [0.1, 0.15) is 28.4 Å². The van der Waals surface area contributed by atoms with Gasteiger partial charge < -0.3 is 24.5 Å².